The van der Waals surface area contributed by atoms with Gasteiger partial charge >= 0.3 is 0 Å². The maximum atomic E-state index is 13.4. The minimum atomic E-state index is -1.26. The zero-order valence-electron chi connectivity index (χ0n) is 17.7. The highest BCUT2D eigenvalue weighted by Crippen LogP contribution is 2.51. The lowest BCUT2D eigenvalue weighted by atomic mass is 9.71. The molecule has 0 aliphatic carbocycles. The molecule has 32 heavy (non-hydrogen) atoms. The molecule has 0 bridgehead atoms. The van der Waals surface area contributed by atoms with E-state index in [2.05, 4.69) is 11.4 Å². The van der Waals surface area contributed by atoms with Crippen LogP contribution in [0.25, 0.3) is 5.70 Å². The van der Waals surface area contributed by atoms with Gasteiger partial charge in [0.25, 0.3) is 0 Å². The van der Waals surface area contributed by atoms with E-state index in [0.29, 0.717) is 37.0 Å². The molecule has 1 unspecified atom stereocenters. The molecule has 2 aromatic carbocycles. The van der Waals surface area contributed by atoms with Crippen molar-refractivity contribution >= 4 is 17.3 Å². The molecular formula is C25H22N4O3. The Morgan fingerprint density at radius 3 is 2.75 bits per heavy atom. The fraction of sp³-hybridized carbons (Fsp3) is 0.280. The summed E-state index contributed by atoms with van der Waals surface area (Å²) in [5.74, 6) is 1.51. The molecule has 3 N–H and O–H groups in total. The van der Waals surface area contributed by atoms with Gasteiger partial charge in [0.2, 0.25) is 5.91 Å². The smallest absolute Gasteiger partial charge is 0.244 e. The Hall–Kier alpha value is -3.92. The number of carbonyl (C=O) groups excluding carboxylic acids is 1. The van der Waals surface area contributed by atoms with Crippen LogP contribution in [0.4, 0.5) is 5.69 Å². The summed E-state index contributed by atoms with van der Waals surface area (Å²) in [5, 5.41) is 13.1. The number of ether oxygens (including phenoxy) is 2. The van der Waals surface area contributed by atoms with Crippen molar-refractivity contribution in [2.45, 2.75) is 25.2 Å². The molecule has 4 aliphatic rings. The number of nitrogens with one attached hydrogen (secondary N) is 1. The Balaban J connectivity index is 1.61. The van der Waals surface area contributed by atoms with Gasteiger partial charge in [0.15, 0.2) is 11.5 Å². The number of anilines is 1. The van der Waals surface area contributed by atoms with Gasteiger partial charge in [-0.15, -0.1) is 0 Å². The van der Waals surface area contributed by atoms with Crippen molar-refractivity contribution in [3.63, 3.8) is 0 Å². The number of rotatable bonds is 0. The first-order valence-corrected chi connectivity index (χ1v) is 10.8. The fourth-order valence-corrected chi connectivity index (χ4v) is 5.19. The molecule has 1 spiro atoms. The van der Waals surface area contributed by atoms with Crippen molar-refractivity contribution in [2.24, 2.45) is 5.73 Å². The largest absolute Gasteiger partial charge is 0.490 e. The topological polar surface area (TPSA) is 101 Å². The molecule has 4 heterocycles. The first-order chi connectivity index (χ1) is 15.5. The number of nitriles is 1. The van der Waals surface area contributed by atoms with Gasteiger partial charge in [0.05, 0.1) is 18.8 Å². The Labute approximate surface area is 185 Å². The summed E-state index contributed by atoms with van der Waals surface area (Å²) in [6, 6.07) is 12.1. The predicted molar refractivity (Wildman–Crippen MR) is 119 cm³/mol. The summed E-state index contributed by atoms with van der Waals surface area (Å²) in [5.41, 5.74) is 11.0. The van der Waals surface area contributed by atoms with E-state index in [1.807, 2.05) is 48.2 Å². The van der Waals surface area contributed by atoms with Crippen LogP contribution in [0.15, 0.2) is 47.8 Å². The van der Waals surface area contributed by atoms with E-state index < -0.39 is 5.41 Å². The molecule has 1 atom stereocenters. The number of benzene rings is 2. The van der Waals surface area contributed by atoms with E-state index in [1.54, 1.807) is 0 Å². The SMILES string of the molecule is Cc1ccc2c(c1)C1(C=C3c4cc5c(cc4CCN3C(N)=C1C#N)OCCCO5)C(=O)N2. The Kier molecular flexibility index (Phi) is 3.84. The van der Waals surface area contributed by atoms with Gasteiger partial charge in [-0.1, -0.05) is 17.7 Å². The normalized spacial score (nSPS) is 22.9. The summed E-state index contributed by atoms with van der Waals surface area (Å²) in [6.07, 6.45) is 3.48. The van der Waals surface area contributed by atoms with Crippen molar-refractivity contribution in [1.29, 1.82) is 5.26 Å². The monoisotopic (exact) mass is 426 g/mol. The number of fused-ring (bicyclic) bond motifs is 6. The molecule has 0 saturated carbocycles. The molecule has 0 fully saturated rings. The Bertz CT molecular complexity index is 1300. The van der Waals surface area contributed by atoms with E-state index >= 15 is 0 Å². The van der Waals surface area contributed by atoms with Gasteiger partial charge < -0.3 is 25.4 Å². The number of nitrogens with two attached hydrogens (primary N) is 1. The first kappa shape index (κ1) is 18.8. The molecule has 1 amide bonds. The third kappa shape index (κ3) is 2.38. The molecule has 2 aromatic rings. The fourth-order valence-electron chi connectivity index (χ4n) is 5.19. The summed E-state index contributed by atoms with van der Waals surface area (Å²) >= 11 is 0. The van der Waals surface area contributed by atoms with E-state index in [4.69, 9.17) is 15.2 Å². The number of nitrogens with zero attached hydrogens (tertiary/aromatic N) is 2. The van der Waals surface area contributed by atoms with Gasteiger partial charge in [-0.25, -0.2) is 0 Å². The van der Waals surface area contributed by atoms with Crippen LogP contribution in [0.2, 0.25) is 0 Å². The summed E-state index contributed by atoms with van der Waals surface area (Å²) in [6.45, 7) is 3.81. The average Bonchev–Trinajstić information content (AvgIpc) is 2.93. The summed E-state index contributed by atoms with van der Waals surface area (Å²) < 4.78 is 11.8. The molecule has 6 rings (SSSR count). The number of hydrogen-bond acceptors (Lipinski definition) is 6. The van der Waals surface area contributed by atoms with Gasteiger partial charge in [0, 0.05) is 35.5 Å². The van der Waals surface area contributed by atoms with Crippen molar-refractivity contribution in [3.05, 3.63) is 70.1 Å². The van der Waals surface area contributed by atoms with Crippen LogP contribution in [0.1, 0.15) is 28.7 Å². The third-order valence-corrected chi connectivity index (χ3v) is 6.76. The Morgan fingerprint density at radius 2 is 1.97 bits per heavy atom. The highest BCUT2D eigenvalue weighted by atomic mass is 16.5. The molecule has 0 saturated heterocycles. The second kappa shape index (κ2) is 6.54. The van der Waals surface area contributed by atoms with Crippen LogP contribution >= 0.6 is 0 Å². The van der Waals surface area contributed by atoms with Crippen LogP contribution < -0.4 is 20.5 Å². The molecule has 7 nitrogen and oxygen atoms in total. The van der Waals surface area contributed by atoms with Crippen molar-refractivity contribution in [3.8, 4) is 17.6 Å². The molecule has 7 heteroatoms. The van der Waals surface area contributed by atoms with Crippen LogP contribution in [0, 0.1) is 18.3 Å². The Morgan fingerprint density at radius 1 is 1.19 bits per heavy atom. The van der Waals surface area contributed by atoms with E-state index in [0.717, 1.165) is 46.5 Å². The van der Waals surface area contributed by atoms with E-state index in [-0.39, 0.29) is 11.5 Å². The maximum absolute atomic E-state index is 13.4. The summed E-state index contributed by atoms with van der Waals surface area (Å²) in [7, 11) is 0. The van der Waals surface area contributed by atoms with Crippen LogP contribution in [0.3, 0.4) is 0 Å². The number of hydrogen-bond donors (Lipinski definition) is 2. The molecule has 4 aliphatic heterocycles. The van der Waals surface area contributed by atoms with Crippen molar-refractivity contribution in [1.82, 2.24) is 4.90 Å². The second-order valence-corrected chi connectivity index (χ2v) is 8.62. The quantitative estimate of drug-likeness (QED) is 0.672. The molecular weight excluding hydrogens is 404 g/mol. The molecule has 0 radical (unpaired) electrons. The standard InChI is InChI=1S/C25H22N4O3/c1-14-3-4-19-17(9-14)25(24(30)28-19)12-20-16-11-22-21(31-7-2-8-32-22)10-15(16)5-6-29(20)23(27)18(25)13-26/h3-4,9-12H,2,5-8,27H2,1H3,(H,28,30). The average molecular weight is 426 g/mol. The second-order valence-electron chi connectivity index (χ2n) is 8.62. The lowest BCUT2D eigenvalue weighted by Gasteiger charge is -2.41. The van der Waals surface area contributed by atoms with Crippen LogP contribution in [-0.2, 0) is 16.6 Å². The van der Waals surface area contributed by atoms with Crippen LogP contribution in [0.5, 0.6) is 11.5 Å². The third-order valence-electron chi connectivity index (χ3n) is 6.76. The minimum Gasteiger partial charge on any atom is -0.490 e. The number of amides is 1. The lowest BCUT2D eigenvalue weighted by molar-refractivity contribution is -0.118. The number of aryl methyl sites for hydroxylation is 1. The van der Waals surface area contributed by atoms with Crippen molar-refractivity contribution in [2.75, 3.05) is 25.1 Å². The zero-order chi connectivity index (χ0) is 22.0. The van der Waals surface area contributed by atoms with Gasteiger partial charge in [-0.05, 0) is 43.2 Å². The maximum Gasteiger partial charge on any atom is 0.244 e. The molecule has 0 aromatic heterocycles. The summed E-state index contributed by atoms with van der Waals surface area (Å²) in [4.78, 5) is 15.4. The van der Waals surface area contributed by atoms with Gasteiger partial charge in [0.1, 0.15) is 17.3 Å². The highest BCUT2D eigenvalue weighted by molar-refractivity contribution is 6.12. The predicted octanol–water partition coefficient (Wildman–Crippen LogP) is 2.95. The van der Waals surface area contributed by atoms with Gasteiger partial charge in [-0.3, -0.25) is 4.79 Å². The van der Waals surface area contributed by atoms with Gasteiger partial charge in [-0.2, -0.15) is 5.26 Å². The lowest BCUT2D eigenvalue weighted by Crippen LogP contribution is -2.45. The first-order valence-electron chi connectivity index (χ1n) is 10.8. The van der Waals surface area contributed by atoms with E-state index in [9.17, 15) is 10.1 Å². The highest BCUT2D eigenvalue weighted by Gasteiger charge is 2.53. The van der Waals surface area contributed by atoms with Crippen LogP contribution in [-0.4, -0.2) is 30.6 Å². The minimum absolute atomic E-state index is 0.258. The van der Waals surface area contributed by atoms with Crippen molar-refractivity contribution < 1.29 is 14.3 Å². The van der Waals surface area contributed by atoms with E-state index in [1.165, 1.54) is 0 Å². The zero-order valence-corrected chi connectivity index (χ0v) is 17.7. The molecule has 160 valence electrons. The number of carbonyl (C=O) groups is 1.